The molecule has 0 atom stereocenters. The molecule has 0 fully saturated rings. The first-order chi connectivity index (χ1) is 10.9. The topological polar surface area (TPSA) is 48.5 Å². The zero-order valence-corrected chi connectivity index (χ0v) is 15.4. The van der Waals surface area contributed by atoms with Gasteiger partial charge in [-0.25, -0.2) is 9.78 Å². The number of aromatic nitrogens is 1. The van der Waals surface area contributed by atoms with E-state index >= 15 is 0 Å². The molecule has 1 aromatic heterocycles. The van der Waals surface area contributed by atoms with Gasteiger partial charge < -0.3 is 10.2 Å². The molecule has 0 bridgehead atoms. The highest BCUT2D eigenvalue weighted by atomic mass is 16.2. The molecule has 5 nitrogen and oxygen atoms in total. The van der Waals surface area contributed by atoms with Gasteiger partial charge in [-0.15, -0.1) is 0 Å². The number of unbranched alkanes of at least 4 members (excludes halogenated alkanes) is 3. The second kappa shape index (κ2) is 10.2. The molecule has 130 valence electrons. The van der Waals surface area contributed by atoms with Crippen molar-refractivity contribution in [3.63, 3.8) is 0 Å². The molecule has 1 heterocycles. The molecule has 0 aromatic carbocycles. The minimum Gasteiger partial charge on any atom is -0.338 e. The van der Waals surface area contributed by atoms with Crippen molar-refractivity contribution in [1.82, 2.24) is 15.2 Å². The zero-order chi connectivity index (χ0) is 17.2. The maximum Gasteiger partial charge on any atom is 0.323 e. The maximum atomic E-state index is 12.6. The third-order valence-electron chi connectivity index (χ3n) is 3.68. The summed E-state index contributed by atoms with van der Waals surface area (Å²) < 4.78 is 0. The lowest BCUT2D eigenvalue weighted by Crippen LogP contribution is -2.44. The van der Waals surface area contributed by atoms with Crippen LogP contribution in [0.15, 0.2) is 12.1 Å². The molecule has 0 unspecified atom stereocenters. The van der Waals surface area contributed by atoms with E-state index in [4.69, 9.17) is 0 Å². The Kier molecular flexibility index (Phi) is 8.62. The summed E-state index contributed by atoms with van der Waals surface area (Å²) in [6.07, 6.45) is 4.62. The third-order valence-corrected chi connectivity index (χ3v) is 3.68. The molecule has 0 saturated heterocycles. The predicted molar refractivity (Wildman–Crippen MR) is 97.2 cm³/mol. The number of anilines is 1. The average molecular weight is 320 g/mol. The Bertz CT molecular complexity index is 468. The Morgan fingerprint density at radius 1 is 1.13 bits per heavy atom. The van der Waals surface area contributed by atoms with Crippen molar-refractivity contribution in [2.45, 2.75) is 46.5 Å². The second-order valence-electron chi connectivity index (χ2n) is 6.39. The normalized spacial score (nSPS) is 10.9. The Morgan fingerprint density at radius 3 is 2.48 bits per heavy atom. The van der Waals surface area contributed by atoms with E-state index in [-0.39, 0.29) is 6.03 Å². The van der Waals surface area contributed by atoms with E-state index in [0.717, 1.165) is 43.0 Å². The van der Waals surface area contributed by atoms with Gasteiger partial charge in [-0.3, -0.25) is 4.90 Å². The van der Waals surface area contributed by atoms with Crippen LogP contribution in [0.1, 0.15) is 43.9 Å². The quantitative estimate of drug-likeness (QED) is 0.710. The summed E-state index contributed by atoms with van der Waals surface area (Å²) in [4.78, 5) is 20.9. The standard InChI is InChI=1S/C18H32N4O/c1-6-7-8-9-10-19-18(23)22(12-11-21(4)5)17-14-15(2)13-16(3)20-17/h13-14H,6-12H2,1-5H3,(H,19,23). The number of likely N-dealkylation sites (N-methyl/N-ethyl adjacent to an activating group) is 1. The van der Waals surface area contributed by atoms with Crippen molar-refractivity contribution in [2.75, 3.05) is 38.6 Å². The van der Waals surface area contributed by atoms with Gasteiger partial charge in [0, 0.05) is 25.3 Å². The molecule has 0 spiro atoms. The smallest absolute Gasteiger partial charge is 0.323 e. The van der Waals surface area contributed by atoms with Crippen LogP contribution in [0, 0.1) is 13.8 Å². The monoisotopic (exact) mass is 320 g/mol. The number of urea groups is 1. The molecule has 23 heavy (non-hydrogen) atoms. The van der Waals surface area contributed by atoms with Crippen LogP contribution in [0.5, 0.6) is 0 Å². The fourth-order valence-electron chi connectivity index (χ4n) is 2.42. The van der Waals surface area contributed by atoms with Crippen LogP contribution in [0.3, 0.4) is 0 Å². The number of nitrogens with one attached hydrogen (secondary N) is 1. The van der Waals surface area contributed by atoms with Gasteiger partial charge in [0.1, 0.15) is 5.82 Å². The number of pyridine rings is 1. The summed E-state index contributed by atoms with van der Waals surface area (Å²) >= 11 is 0. The number of carbonyl (C=O) groups excluding carboxylic acids is 1. The highest BCUT2D eigenvalue weighted by Crippen LogP contribution is 2.15. The molecule has 1 rings (SSSR count). The molecule has 0 saturated carbocycles. The molecule has 0 aliphatic carbocycles. The second-order valence-corrected chi connectivity index (χ2v) is 6.39. The fourth-order valence-corrected chi connectivity index (χ4v) is 2.42. The van der Waals surface area contributed by atoms with Crippen LogP contribution in [-0.4, -0.2) is 49.6 Å². The summed E-state index contributed by atoms with van der Waals surface area (Å²) in [5, 5.41) is 3.03. The molecule has 1 aromatic rings. The van der Waals surface area contributed by atoms with Crippen molar-refractivity contribution in [3.05, 3.63) is 23.4 Å². The van der Waals surface area contributed by atoms with Gasteiger partial charge in [-0.05, 0) is 52.1 Å². The van der Waals surface area contributed by atoms with Gasteiger partial charge in [0.25, 0.3) is 0 Å². The van der Waals surface area contributed by atoms with E-state index < -0.39 is 0 Å². The lowest BCUT2D eigenvalue weighted by molar-refractivity contribution is 0.245. The van der Waals surface area contributed by atoms with Crippen molar-refractivity contribution < 1.29 is 4.79 Å². The molecule has 1 N–H and O–H groups in total. The van der Waals surface area contributed by atoms with E-state index in [9.17, 15) is 4.79 Å². The molecule has 0 aliphatic rings. The van der Waals surface area contributed by atoms with Gasteiger partial charge >= 0.3 is 6.03 Å². The molecule has 2 amide bonds. The van der Waals surface area contributed by atoms with Crippen LogP contribution < -0.4 is 10.2 Å². The Hall–Kier alpha value is -1.62. The maximum absolute atomic E-state index is 12.6. The van der Waals surface area contributed by atoms with Crippen LogP contribution >= 0.6 is 0 Å². The highest BCUT2D eigenvalue weighted by Gasteiger charge is 2.17. The number of nitrogens with zero attached hydrogens (tertiary/aromatic N) is 3. The summed E-state index contributed by atoms with van der Waals surface area (Å²) in [6, 6.07) is 3.94. The van der Waals surface area contributed by atoms with Crippen molar-refractivity contribution >= 4 is 11.8 Å². The Labute approximate surface area is 141 Å². The summed E-state index contributed by atoms with van der Waals surface area (Å²) in [6.45, 7) is 8.34. The van der Waals surface area contributed by atoms with Gasteiger partial charge in [0.2, 0.25) is 0 Å². The molecule has 0 radical (unpaired) electrons. The Balaban J connectivity index is 2.72. The lowest BCUT2D eigenvalue weighted by Gasteiger charge is -2.24. The lowest BCUT2D eigenvalue weighted by atomic mass is 10.2. The summed E-state index contributed by atoms with van der Waals surface area (Å²) in [5.74, 6) is 0.732. The Morgan fingerprint density at radius 2 is 1.87 bits per heavy atom. The van der Waals surface area contributed by atoms with Gasteiger partial charge in [-0.1, -0.05) is 26.2 Å². The number of rotatable bonds is 9. The number of carbonyl (C=O) groups is 1. The number of hydrogen-bond acceptors (Lipinski definition) is 3. The molecular formula is C18H32N4O. The highest BCUT2D eigenvalue weighted by molar-refractivity contribution is 5.91. The van der Waals surface area contributed by atoms with Gasteiger partial charge in [-0.2, -0.15) is 0 Å². The zero-order valence-electron chi connectivity index (χ0n) is 15.4. The summed E-state index contributed by atoms with van der Waals surface area (Å²) in [7, 11) is 4.02. The van der Waals surface area contributed by atoms with E-state index in [1.54, 1.807) is 4.90 Å². The summed E-state index contributed by atoms with van der Waals surface area (Å²) in [5.41, 5.74) is 2.06. The molecule has 0 aliphatic heterocycles. The molecule has 5 heteroatoms. The predicted octanol–water partition coefficient (Wildman–Crippen LogP) is 3.36. The van der Waals surface area contributed by atoms with E-state index in [0.29, 0.717) is 6.54 Å². The number of aryl methyl sites for hydroxylation is 2. The molecular weight excluding hydrogens is 288 g/mol. The third kappa shape index (κ3) is 7.46. The average Bonchev–Trinajstić information content (AvgIpc) is 2.46. The van der Waals surface area contributed by atoms with Crippen LogP contribution in [0.4, 0.5) is 10.6 Å². The largest absolute Gasteiger partial charge is 0.338 e. The van der Waals surface area contributed by atoms with E-state index in [1.165, 1.54) is 12.8 Å². The minimum atomic E-state index is -0.0548. The van der Waals surface area contributed by atoms with Gasteiger partial charge in [0.05, 0.1) is 0 Å². The number of amides is 2. The van der Waals surface area contributed by atoms with Gasteiger partial charge in [0.15, 0.2) is 0 Å². The van der Waals surface area contributed by atoms with E-state index in [2.05, 4.69) is 22.1 Å². The minimum absolute atomic E-state index is 0.0548. The SMILES string of the molecule is CCCCCCNC(=O)N(CCN(C)C)c1cc(C)cc(C)n1. The van der Waals surface area contributed by atoms with Crippen molar-refractivity contribution in [1.29, 1.82) is 0 Å². The first-order valence-corrected chi connectivity index (χ1v) is 8.59. The van der Waals surface area contributed by atoms with Crippen LogP contribution in [0.25, 0.3) is 0 Å². The fraction of sp³-hybridized carbons (Fsp3) is 0.667. The van der Waals surface area contributed by atoms with Crippen molar-refractivity contribution in [3.8, 4) is 0 Å². The number of hydrogen-bond donors (Lipinski definition) is 1. The van der Waals surface area contributed by atoms with Crippen LogP contribution in [0.2, 0.25) is 0 Å². The first kappa shape index (κ1) is 19.4. The first-order valence-electron chi connectivity index (χ1n) is 8.59. The van der Waals surface area contributed by atoms with E-state index in [1.807, 2.05) is 40.1 Å². The van der Waals surface area contributed by atoms with Crippen molar-refractivity contribution in [2.24, 2.45) is 0 Å². The van der Waals surface area contributed by atoms with Crippen LogP contribution in [-0.2, 0) is 0 Å².